The summed E-state index contributed by atoms with van der Waals surface area (Å²) in [6.45, 7) is 2.80. The zero-order valence-electron chi connectivity index (χ0n) is 10.6. The highest BCUT2D eigenvalue weighted by molar-refractivity contribution is 5.69. The molecule has 0 aliphatic rings. The van der Waals surface area contributed by atoms with E-state index in [1.165, 1.54) is 6.33 Å². The number of rotatable bonds is 7. The van der Waals surface area contributed by atoms with E-state index in [-0.39, 0.29) is 17.3 Å². The molecule has 1 aromatic heterocycles. The molecule has 3 N–H and O–H groups in total. The zero-order valence-corrected chi connectivity index (χ0v) is 10.6. The van der Waals surface area contributed by atoms with Crippen LogP contribution in [0.1, 0.15) is 26.2 Å². The highest BCUT2D eigenvalue weighted by atomic mass is 16.6. The number of hydrogen-bond donors (Lipinski definition) is 2. The number of anilines is 2. The first kappa shape index (κ1) is 14.1. The van der Waals surface area contributed by atoms with Crippen molar-refractivity contribution < 1.29 is 4.92 Å². The third-order valence-corrected chi connectivity index (χ3v) is 2.58. The van der Waals surface area contributed by atoms with E-state index in [1.807, 2.05) is 0 Å². The number of hydrazine groups is 1. The standard InChI is InChI=1S/C10H18N6O2/c1-3-4-5-6-15(2)10-8(16(17)18)9(14-11)12-7-13-10/h7H,3-6,11H2,1-2H3,(H,12,13,14). The van der Waals surface area contributed by atoms with Gasteiger partial charge in [-0.15, -0.1) is 0 Å². The molecule has 18 heavy (non-hydrogen) atoms. The molecule has 0 fully saturated rings. The van der Waals surface area contributed by atoms with Crippen LogP contribution in [0, 0.1) is 10.1 Å². The molecule has 0 atom stereocenters. The van der Waals surface area contributed by atoms with Crippen LogP contribution in [0.15, 0.2) is 6.33 Å². The van der Waals surface area contributed by atoms with E-state index in [0.717, 1.165) is 19.3 Å². The van der Waals surface area contributed by atoms with Crippen molar-refractivity contribution in [2.45, 2.75) is 26.2 Å². The Morgan fingerprint density at radius 1 is 1.50 bits per heavy atom. The van der Waals surface area contributed by atoms with Gasteiger partial charge in [0, 0.05) is 13.6 Å². The van der Waals surface area contributed by atoms with Gasteiger partial charge in [0.15, 0.2) is 0 Å². The molecule has 0 aliphatic heterocycles. The minimum absolute atomic E-state index is 0.0207. The van der Waals surface area contributed by atoms with Crippen LogP contribution >= 0.6 is 0 Å². The Labute approximate surface area is 105 Å². The maximum Gasteiger partial charge on any atom is 0.354 e. The number of nitrogen functional groups attached to an aromatic ring is 1. The van der Waals surface area contributed by atoms with Gasteiger partial charge in [-0.1, -0.05) is 19.8 Å². The Morgan fingerprint density at radius 3 is 2.78 bits per heavy atom. The van der Waals surface area contributed by atoms with Gasteiger partial charge in [-0.2, -0.15) is 0 Å². The number of nitrogens with two attached hydrogens (primary N) is 1. The molecule has 0 spiro atoms. The first-order valence-electron chi connectivity index (χ1n) is 5.79. The lowest BCUT2D eigenvalue weighted by molar-refractivity contribution is -0.383. The normalized spacial score (nSPS) is 10.2. The molecule has 0 amide bonds. The Bertz CT molecular complexity index is 411. The molecule has 0 unspecified atom stereocenters. The fourth-order valence-electron chi connectivity index (χ4n) is 1.63. The van der Waals surface area contributed by atoms with E-state index >= 15 is 0 Å². The Morgan fingerprint density at radius 2 is 2.22 bits per heavy atom. The van der Waals surface area contributed by atoms with Crippen LogP contribution in [-0.2, 0) is 0 Å². The topological polar surface area (TPSA) is 110 Å². The first-order valence-corrected chi connectivity index (χ1v) is 5.79. The molecule has 0 saturated heterocycles. The van der Waals surface area contributed by atoms with E-state index in [2.05, 4.69) is 22.3 Å². The number of nitrogens with zero attached hydrogens (tertiary/aromatic N) is 4. The molecule has 1 heterocycles. The minimum atomic E-state index is -0.527. The van der Waals surface area contributed by atoms with Gasteiger partial charge in [-0.25, -0.2) is 15.8 Å². The highest BCUT2D eigenvalue weighted by Gasteiger charge is 2.24. The van der Waals surface area contributed by atoms with E-state index in [4.69, 9.17) is 5.84 Å². The highest BCUT2D eigenvalue weighted by Crippen LogP contribution is 2.30. The van der Waals surface area contributed by atoms with Crippen LogP contribution < -0.4 is 16.2 Å². The van der Waals surface area contributed by atoms with Crippen molar-refractivity contribution in [2.24, 2.45) is 5.84 Å². The first-order chi connectivity index (χ1) is 8.61. The molecule has 0 bridgehead atoms. The van der Waals surface area contributed by atoms with E-state index in [0.29, 0.717) is 6.54 Å². The molecule has 0 aliphatic carbocycles. The van der Waals surface area contributed by atoms with Gasteiger partial charge < -0.3 is 10.3 Å². The molecule has 100 valence electrons. The molecule has 8 heteroatoms. The van der Waals surface area contributed by atoms with Gasteiger partial charge in [-0.05, 0) is 6.42 Å². The summed E-state index contributed by atoms with van der Waals surface area (Å²) in [4.78, 5) is 20.0. The van der Waals surface area contributed by atoms with Gasteiger partial charge in [-0.3, -0.25) is 10.1 Å². The summed E-state index contributed by atoms with van der Waals surface area (Å²) < 4.78 is 0. The summed E-state index contributed by atoms with van der Waals surface area (Å²) in [6.07, 6.45) is 4.38. The predicted octanol–water partition coefficient (Wildman–Crippen LogP) is 1.30. The fraction of sp³-hybridized carbons (Fsp3) is 0.600. The van der Waals surface area contributed by atoms with Crippen molar-refractivity contribution in [2.75, 3.05) is 23.9 Å². The van der Waals surface area contributed by atoms with Gasteiger partial charge in [0.1, 0.15) is 6.33 Å². The summed E-state index contributed by atoms with van der Waals surface area (Å²) in [5.41, 5.74) is 2.02. The summed E-state index contributed by atoms with van der Waals surface area (Å²) >= 11 is 0. The lowest BCUT2D eigenvalue weighted by atomic mass is 10.2. The fourth-order valence-corrected chi connectivity index (χ4v) is 1.63. The molecule has 0 saturated carbocycles. The molecule has 0 aromatic carbocycles. The molecular weight excluding hydrogens is 236 g/mol. The summed E-state index contributed by atoms with van der Waals surface area (Å²) in [6, 6.07) is 0. The smallest absolute Gasteiger partial charge is 0.354 e. The van der Waals surface area contributed by atoms with Crippen molar-refractivity contribution in [3.05, 3.63) is 16.4 Å². The Balaban J connectivity index is 2.96. The second kappa shape index (κ2) is 6.70. The van der Waals surface area contributed by atoms with Crippen molar-refractivity contribution in [3.8, 4) is 0 Å². The van der Waals surface area contributed by atoms with Gasteiger partial charge in [0.25, 0.3) is 0 Å². The maximum atomic E-state index is 11.0. The number of hydrogen-bond acceptors (Lipinski definition) is 7. The summed E-state index contributed by atoms with van der Waals surface area (Å²) in [5, 5.41) is 11.0. The number of unbranched alkanes of at least 4 members (excludes halogenated alkanes) is 2. The quantitative estimate of drug-likeness (QED) is 0.326. The van der Waals surface area contributed by atoms with Gasteiger partial charge in [0.05, 0.1) is 4.92 Å². The molecule has 8 nitrogen and oxygen atoms in total. The van der Waals surface area contributed by atoms with Crippen LogP contribution in [0.2, 0.25) is 0 Å². The lowest BCUT2D eigenvalue weighted by Gasteiger charge is -2.18. The average Bonchev–Trinajstić information content (AvgIpc) is 2.37. The lowest BCUT2D eigenvalue weighted by Crippen LogP contribution is -2.22. The zero-order chi connectivity index (χ0) is 13.5. The Kier molecular flexibility index (Phi) is 5.25. The maximum absolute atomic E-state index is 11.0. The van der Waals surface area contributed by atoms with Crippen molar-refractivity contribution in [1.29, 1.82) is 0 Å². The predicted molar refractivity (Wildman–Crippen MR) is 69.3 cm³/mol. The van der Waals surface area contributed by atoms with Crippen LogP contribution in [0.25, 0.3) is 0 Å². The average molecular weight is 254 g/mol. The molecule has 1 aromatic rings. The van der Waals surface area contributed by atoms with Crippen molar-refractivity contribution in [1.82, 2.24) is 9.97 Å². The third-order valence-electron chi connectivity index (χ3n) is 2.58. The van der Waals surface area contributed by atoms with Crippen LogP contribution in [0.5, 0.6) is 0 Å². The van der Waals surface area contributed by atoms with Crippen LogP contribution in [0.3, 0.4) is 0 Å². The number of aromatic nitrogens is 2. The molecular formula is C10H18N6O2. The number of nitrogens with one attached hydrogen (secondary N) is 1. The number of nitro groups is 1. The van der Waals surface area contributed by atoms with E-state index in [1.54, 1.807) is 11.9 Å². The largest absolute Gasteiger partial charge is 0.354 e. The monoisotopic (exact) mass is 254 g/mol. The van der Waals surface area contributed by atoms with E-state index in [9.17, 15) is 10.1 Å². The van der Waals surface area contributed by atoms with Crippen molar-refractivity contribution >= 4 is 17.3 Å². The molecule has 0 radical (unpaired) electrons. The minimum Gasteiger partial charge on any atom is -0.354 e. The second-order valence-corrected chi connectivity index (χ2v) is 3.92. The summed E-state index contributed by atoms with van der Waals surface area (Å²) in [5.74, 6) is 5.51. The molecule has 1 rings (SSSR count). The second-order valence-electron chi connectivity index (χ2n) is 3.92. The van der Waals surface area contributed by atoms with E-state index < -0.39 is 4.92 Å². The van der Waals surface area contributed by atoms with Crippen LogP contribution in [0.4, 0.5) is 17.3 Å². The SMILES string of the molecule is CCCCCN(C)c1ncnc(NN)c1[N+](=O)[O-]. The van der Waals surface area contributed by atoms with Crippen LogP contribution in [-0.4, -0.2) is 28.5 Å². The Hall–Kier alpha value is -1.96. The van der Waals surface area contributed by atoms with Gasteiger partial charge >= 0.3 is 5.69 Å². The van der Waals surface area contributed by atoms with Crippen molar-refractivity contribution in [3.63, 3.8) is 0 Å². The third kappa shape index (κ3) is 3.27. The van der Waals surface area contributed by atoms with Gasteiger partial charge in [0.2, 0.25) is 11.6 Å². The summed E-state index contributed by atoms with van der Waals surface area (Å²) in [7, 11) is 1.77.